The topological polar surface area (TPSA) is 104 Å². The second-order valence-electron chi connectivity index (χ2n) is 8.13. The van der Waals surface area contributed by atoms with E-state index in [1.807, 2.05) is 0 Å². The summed E-state index contributed by atoms with van der Waals surface area (Å²) < 4.78 is 15.5. The molecule has 0 aliphatic heterocycles. The van der Waals surface area contributed by atoms with Crippen molar-refractivity contribution in [3.05, 3.63) is 0 Å². The van der Waals surface area contributed by atoms with Crippen molar-refractivity contribution in [2.24, 2.45) is 0 Å². The molecule has 0 bridgehead atoms. The van der Waals surface area contributed by atoms with Crippen LogP contribution in [0.15, 0.2) is 0 Å². The largest absolute Gasteiger partial charge is 0.472 e. The third-order valence-electron chi connectivity index (χ3n) is 5.14. The zero-order chi connectivity index (χ0) is 22.5. The maximum atomic E-state index is 11.1. The highest BCUT2D eigenvalue weighted by molar-refractivity contribution is 7.99. The van der Waals surface area contributed by atoms with E-state index in [4.69, 9.17) is 10.00 Å². The van der Waals surface area contributed by atoms with E-state index >= 15 is 0 Å². The molecule has 30 heavy (non-hydrogen) atoms. The number of carbonyl (C=O) groups is 1. The minimum Gasteiger partial charge on any atom is -0.472 e. The molecule has 0 saturated heterocycles. The molecule has 0 heterocycles. The van der Waals surface area contributed by atoms with E-state index < -0.39 is 26.0 Å². The Morgan fingerprint density at radius 2 is 1.23 bits per heavy atom. The molecule has 8 heteroatoms. The Kier molecular flexibility index (Phi) is 20.8. The molecule has 0 aromatic rings. The molecule has 0 aromatic heterocycles. The molecule has 1 unspecified atom stereocenters. The molecular weight excluding hydrogens is 423 g/mol. The van der Waals surface area contributed by atoms with Gasteiger partial charge in [0.1, 0.15) is 0 Å². The van der Waals surface area contributed by atoms with Crippen molar-refractivity contribution in [1.82, 2.24) is 0 Å². The van der Waals surface area contributed by atoms with Gasteiger partial charge in [0.05, 0.1) is 12.7 Å². The molecule has 0 aliphatic rings. The van der Waals surface area contributed by atoms with Crippen molar-refractivity contribution in [3.8, 4) is 0 Å². The van der Waals surface area contributed by atoms with Crippen molar-refractivity contribution >= 4 is 25.1 Å². The highest BCUT2D eigenvalue weighted by Crippen LogP contribution is 2.42. The zero-order valence-electron chi connectivity index (χ0n) is 18.9. The summed E-state index contributed by atoms with van der Waals surface area (Å²) in [4.78, 5) is 19.4. The van der Waals surface area contributed by atoms with E-state index in [1.54, 1.807) is 11.8 Å². The number of unbranched alkanes of at least 4 members (excludes halogenated alkanes) is 15. The molecule has 0 spiro atoms. The molecule has 6 nitrogen and oxygen atoms in total. The van der Waals surface area contributed by atoms with Crippen LogP contribution in [0.4, 0.5) is 4.79 Å². The molecular formula is C22H45O6PS. The van der Waals surface area contributed by atoms with Gasteiger partial charge in [0.15, 0.2) is 0 Å². The average Bonchev–Trinajstić information content (AvgIpc) is 2.71. The first-order chi connectivity index (χ1) is 14.4. The minimum atomic E-state index is -4.65. The Morgan fingerprint density at radius 1 is 0.833 bits per heavy atom. The Morgan fingerprint density at radius 3 is 1.63 bits per heavy atom. The van der Waals surface area contributed by atoms with Gasteiger partial charge in [-0.3, -0.25) is 4.52 Å². The lowest BCUT2D eigenvalue weighted by molar-refractivity contribution is 0.115. The van der Waals surface area contributed by atoms with Gasteiger partial charge >= 0.3 is 13.3 Å². The fourth-order valence-corrected chi connectivity index (χ4v) is 4.69. The van der Waals surface area contributed by atoms with Crippen molar-refractivity contribution < 1.29 is 29.0 Å². The summed E-state index contributed by atoms with van der Waals surface area (Å²) in [5, 5.41) is 18.1. The third-order valence-corrected chi connectivity index (χ3v) is 7.32. The summed E-state index contributed by atoms with van der Waals surface area (Å²) >= 11 is 1.56. The number of thioether (sulfide) groups is 1. The van der Waals surface area contributed by atoms with Crippen LogP contribution in [0.2, 0.25) is 0 Å². The Hall–Kier alpha value is -0.0700. The first kappa shape index (κ1) is 29.9. The second kappa shape index (κ2) is 20.8. The number of aliphatic hydroxyl groups excluding tert-OH is 1. The summed E-state index contributed by atoms with van der Waals surface area (Å²) in [6, 6.07) is 0. The van der Waals surface area contributed by atoms with E-state index in [0.29, 0.717) is 5.75 Å². The van der Waals surface area contributed by atoms with Crippen molar-refractivity contribution in [2.75, 3.05) is 18.1 Å². The molecule has 3 N–H and O–H groups in total. The monoisotopic (exact) mass is 468 g/mol. The van der Waals surface area contributed by atoms with Crippen LogP contribution in [0.25, 0.3) is 0 Å². The van der Waals surface area contributed by atoms with Gasteiger partial charge in [0, 0.05) is 5.75 Å². The molecule has 0 saturated carbocycles. The summed E-state index contributed by atoms with van der Waals surface area (Å²) in [6.07, 6.45) is 20.5. The van der Waals surface area contributed by atoms with Gasteiger partial charge in [-0.2, -0.15) is 11.8 Å². The van der Waals surface area contributed by atoms with Crippen LogP contribution in [-0.4, -0.2) is 45.0 Å². The van der Waals surface area contributed by atoms with Crippen LogP contribution in [0.5, 0.6) is 0 Å². The molecule has 0 rings (SSSR count). The number of aliphatic hydroxyl groups is 1. The van der Waals surface area contributed by atoms with Gasteiger partial charge in [-0.25, -0.2) is 9.36 Å². The molecule has 0 aromatic carbocycles. The lowest BCUT2D eigenvalue weighted by Gasteiger charge is -2.12. The Balaban J connectivity index is 3.24. The molecule has 0 aliphatic carbocycles. The van der Waals surface area contributed by atoms with Crippen molar-refractivity contribution in [3.63, 3.8) is 0 Å². The van der Waals surface area contributed by atoms with Gasteiger partial charge in [-0.05, 0) is 12.2 Å². The van der Waals surface area contributed by atoms with Gasteiger partial charge < -0.3 is 15.1 Å². The summed E-state index contributed by atoms with van der Waals surface area (Å²) in [7, 11) is -4.65. The second-order valence-corrected chi connectivity index (χ2v) is 11.0. The highest BCUT2D eigenvalue weighted by Gasteiger charge is 2.30. The fraction of sp³-hybridized carbons (Fsp3) is 0.955. The van der Waals surface area contributed by atoms with Crippen molar-refractivity contribution in [2.45, 2.75) is 116 Å². The van der Waals surface area contributed by atoms with Gasteiger partial charge in [-0.1, -0.05) is 103 Å². The van der Waals surface area contributed by atoms with E-state index in [1.165, 1.54) is 96.3 Å². The molecule has 0 fully saturated rings. The minimum absolute atomic E-state index is 0.373. The third kappa shape index (κ3) is 19.9. The van der Waals surface area contributed by atoms with Crippen LogP contribution >= 0.6 is 19.4 Å². The van der Waals surface area contributed by atoms with Crippen LogP contribution in [0, 0.1) is 0 Å². The smallest absolute Gasteiger partial charge is 0.435 e. The van der Waals surface area contributed by atoms with Gasteiger partial charge in [-0.15, -0.1) is 0 Å². The number of carboxylic acid groups (broad SMARTS) is 1. The SMILES string of the molecule is CCCCCCCCCCCCCCCCCCSC[C@@H](O)COP(=O)(O)C(=O)O. The van der Waals surface area contributed by atoms with Crippen LogP contribution in [0.3, 0.4) is 0 Å². The van der Waals surface area contributed by atoms with Crippen LogP contribution in [0.1, 0.15) is 110 Å². The number of rotatable bonds is 23. The van der Waals surface area contributed by atoms with Gasteiger partial charge in [0.2, 0.25) is 0 Å². The number of hydrogen-bond donors (Lipinski definition) is 3. The molecule has 0 amide bonds. The first-order valence-electron chi connectivity index (χ1n) is 11.9. The normalized spacial score (nSPS) is 14.5. The predicted molar refractivity (Wildman–Crippen MR) is 127 cm³/mol. The van der Waals surface area contributed by atoms with Crippen LogP contribution in [-0.2, 0) is 9.09 Å². The summed E-state index contributed by atoms with van der Waals surface area (Å²) in [6.45, 7) is 1.83. The predicted octanol–water partition coefficient (Wildman–Crippen LogP) is 7.22. The average molecular weight is 469 g/mol. The van der Waals surface area contributed by atoms with Crippen molar-refractivity contribution in [1.29, 1.82) is 0 Å². The summed E-state index contributed by atoms with van der Waals surface area (Å²) in [5.74, 6) is 1.30. The summed E-state index contributed by atoms with van der Waals surface area (Å²) in [5.41, 5.74) is -1.89. The first-order valence-corrected chi connectivity index (χ1v) is 14.6. The van der Waals surface area contributed by atoms with E-state index in [9.17, 15) is 14.5 Å². The Bertz CT molecular complexity index is 449. The maximum absolute atomic E-state index is 11.1. The lowest BCUT2D eigenvalue weighted by Crippen LogP contribution is -2.18. The molecule has 180 valence electrons. The van der Waals surface area contributed by atoms with E-state index in [2.05, 4.69) is 11.4 Å². The lowest BCUT2D eigenvalue weighted by atomic mass is 10.0. The molecule has 2 atom stereocenters. The quantitative estimate of drug-likeness (QED) is 0.107. The zero-order valence-corrected chi connectivity index (χ0v) is 20.6. The fourth-order valence-electron chi connectivity index (χ4n) is 3.26. The van der Waals surface area contributed by atoms with Crippen LogP contribution < -0.4 is 0 Å². The number of hydrogen-bond acceptors (Lipinski definition) is 5. The molecule has 0 radical (unpaired) electrons. The Labute approximate surface area is 188 Å². The maximum Gasteiger partial charge on any atom is 0.435 e. The standard InChI is InChI=1S/C22H45O6PS/c1-2-3-4-5-6-7-8-9-10-11-12-13-14-15-16-17-18-30-20-21(23)19-28-29(26,27)22(24)25/h21,23H,2-20H2,1H3,(H,24,25)(H,26,27)/t21-/m0/s1. The van der Waals surface area contributed by atoms with Gasteiger partial charge in [0.25, 0.3) is 0 Å². The van der Waals surface area contributed by atoms with E-state index in [-0.39, 0.29) is 0 Å². The highest BCUT2D eigenvalue weighted by atomic mass is 32.2. The van der Waals surface area contributed by atoms with E-state index in [0.717, 1.165) is 12.2 Å².